The van der Waals surface area contributed by atoms with E-state index in [1.54, 1.807) is 25.6 Å². The molecule has 4 rings (SSSR count). The number of rotatable bonds is 5. The number of thiophene rings is 1. The molecule has 0 spiro atoms. The summed E-state index contributed by atoms with van der Waals surface area (Å²) in [4.78, 5) is 7.91. The van der Waals surface area contributed by atoms with Crippen LogP contribution in [0.15, 0.2) is 58.9 Å². The van der Waals surface area contributed by atoms with Gasteiger partial charge in [0, 0.05) is 11.4 Å². The van der Waals surface area contributed by atoms with Gasteiger partial charge in [-0.25, -0.2) is 4.99 Å². The molecular weight excluding hydrogens is 358 g/mol. The van der Waals surface area contributed by atoms with Gasteiger partial charge in [-0.2, -0.15) is 0 Å². The number of hydrogen-bond acceptors (Lipinski definition) is 6. The minimum atomic E-state index is 0.499. The number of hydrogen-bond donors (Lipinski definition) is 1. The zero-order valence-corrected chi connectivity index (χ0v) is 16.1. The van der Waals surface area contributed by atoms with Gasteiger partial charge in [-0.1, -0.05) is 24.3 Å². The maximum absolute atomic E-state index is 6.29. The van der Waals surface area contributed by atoms with Crippen LogP contribution in [0.1, 0.15) is 11.1 Å². The molecule has 0 saturated carbocycles. The van der Waals surface area contributed by atoms with E-state index in [9.17, 15) is 0 Å². The van der Waals surface area contributed by atoms with E-state index in [1.807, 2.05) is 23.1 Å². The van der Waals surface area contributed by atoms with Crippen molar-refractivity contribution in [1.29, 1.82) is 0 Å². The monoisotopic (exact) mass is 379 g/mol. The Labute approximate surface area is 162 Å². The minimum absolute atomic E-state index is 0.499. The van der Waals surface area contributed by atoms with Gasteiger partial charge in [0.2, 0.25) is 0 Å². The standard InChI is InChI=1S/C21H21N3O2S/c1-25-18-5-3-6-19(26-2)16(18)13-24-12-15-9-8-14(20-7-4-10-27-20)11-17(15)23-21(24)22/h3-11H,12-13H2,1-2H3,(H2,22,23). The van der Waals surface area contributed by atoms with Crippen molar-refractivity contribution >= 4 is 23.0 Å². The van der Waals surface area contributed by atoms with Crippen molar-refractivity contribution in [3.8, 4) is 21.9 Å². The Morgan fingerprint density at radius 3 is 2.52 bits per heavy atom. The lowest BCUT2D eigenvalue weighted by atomic mass is 10.1. The highest BCUT2D eigenvalue weighted by atomic mass is 32.1. The zero-order valence-electron chi connectivity index (χ0n) is 15.3. The SMILES string of the molecule is COc1cccc(OC)c1CN1Cc2ccc(-c3cccs3)cc2N=C1N. The first-order chi connectivity index (χ1) is 13.2. The van der Waals surface area contributed by atoms with Crippen LogP contribution in [-0.2, 0) is 13.1 Å². The van der Waals surface area contributed by atoms with Gasteiger partial charge in [-0.15, -0.1) is 11.3 Å². The lowest BCUT2D eigenvalue weighted by Crippen LogP contribution is -2.38. The second-order valence-corrected chi connectivity index (χ2v) is 7.24. The molecule has 138 valence electrons. The molecule has 0 aliphatic carbocycles. The summed E-state index contributed by atoms with van der Waals surface area (Å²) in [6.45, 7) is 1.26. The molecule has 3 aromatic rings. The Balaban J connectivity index is 1.63. The third-order valence-electron chi connectivity index (χ3n) is 4.69. The van der Waals surface area contributed by atoms with E-state index in [4.69, 9.17) is 15.2 Å². The summed E-state index contributed by atoms with van der Waals surface area (Å²) in [6, 6.07) is 16.3. The number of fused-ring (bicyclic) bond motifs is 1. The molecule has 1 aromatic heterocycles. The molecule has 0 saturated heterocycles. The van der Waals surface area contributed by atoms with E-state index in [-0.39, 0.29) is 0 Å². The highest BCUT2D eigenvalue weighted by Crippen LogP contribution is 2.35. The largest absolute Gasteiger partial charge is 0.496 e. The molecule has 0 amide bonds. The average Bonchev–Trinajstić information content (AvgIpc) is 3.23. The number of ether oxygens (including phenoxy) is 2. The second kappa shape index (κ2) is 7.32. The smallest absolute Gasteiger partial charge is 0.197 e. The van der Waals surface area contributed by atoms with Crippen molar-refractivity contribution in [3.05, 3.63) is 65.0 Å². The predicted molar refractivity (Wildman–Crippen MR) is 110 cm³/mol. The average molecular weight is 379 g/mol. The van der Waals surface area contributed by atoms with E-state index >= 15 is 0 Å². The Morgan fingerprint density at radius 2 is 1.85 bits per heavy atom. The molecule has 6 heteroatoms. The molecule has 1 aliphatic rings. The van der Waals surface area contributed by atoms with Crippen molar-refractivity contribution in [3.63, 3.8) is 0 Å². The summed E-state index contributed by atoms with van der Waals surface area (Å²) in [5.74, 6) is 2.06. The molecular formula is C21H21N3O2S. The summed E-state index contributed by atoms with van der Waals surface area (Å²) < 4.78 is 11.0. The van der Waals surface area contributed by atoms with E-state index in [0.29, 0.717) is 19.0 Å². The first-order valence-corrected chi connectivity index (χ1v) is 9.53. The minimum Gasteiger partial charge on any atom is -0.496 e. The van der Waals surface area contributed by atoms with Gasteiger partial charge in [0.05, 0.1) is 32.0 Å². The molecule has 1 aliphatic heterocycles. The van der Waals surface area contributed by atoms with Crippen LogP contribution in [0.5, 0.6) is 11.5 Å². The van der Waals surface area contributed by atoms with Crippen molar-refractivity contribution < 1.29 is 9.47 Å². The number of methoxy groups -OCH3 is 2. The summed E-state index contributed by atoms with van der Waals surface area (Å²) in [7, 11) is 3.32. The Hall–Kier alpha value is -2.99. The van der Waals surface area contributed by atoms with Crippen molar-refractivity contribution in [2.24, 2.45) is 10.7 Å². The van der Waals surface area contributed by atoms with Crippen LogP contribution < -0.4 is 15.2 Å². The van der Waals surface area contributed by atoms with E-state index in [0.717, 1.165) is 28.3 Å². The lowest BCUT2D eigenvalue weighted by molar-refractivity contribution is 0.348. The van der Waals surface area contributed by atoms with Crippen LogP contribution in [0.2, 0.25) is 0 Å². The van der Waals surface area contributed by atoms with Crippen molar-refractivity contribution in [1.82, 2.24) is 4.90 Å². The van der Waals surface area contributed by atoms with Crippen LogP contribution in [-0.4, -0.2) is 25.1 Å². The quantitative estimate of drug-likeness (QED) is 0.714. The Kier molecular flexibility index (Phi) is 4.73. The van der Waals surface area contributed by atoms with E-state index in [2.05, 4.69) is 40.7 Å². The first kappa shape index (κ1) is 17.4. The maximum atomic E-state index is 6.29. The van der Waals surface area contributed by atoms with Gasteiger partial charge in [0.25, 0.3) is 0 Å². The van der Waals surface area contributed by atoms with Gasteiger partial charge < -0.3 is 20.1 Å². The number of nitrogens with zero attached hydrogens (tertiary/aromatic N) is 2. The van der Waals surface area contributed by atoms with E-state index < -0.39 is 0 Å². The summed E-state index contributed by atoms with van der Waals surface area (Å²) in [6.07, 6.45) is 0. The van der Waals surface area contributed by atoms with Crippen LogP contribution in [0.4, 0.5) is 5.69 Å². The number of guanidine groups is 1. The van der Waals surface area contributed by atoms with Crippen LogP contribution in [0, 0.1) is 0 Å². The van der Waals surface area contributed by atoms with Gasteiger partial charge in [0.1, 0.15) is 11.5 Å². The fourth-order valence-electron chi connectivity index (χ4n) is 3.29. The normalized spacial score (nSPS) is 13.1. The number of benzene rings is 2. The van der Waals surface area contributed by atoms with E-state index in [1.165, 1.54) is 10.4 Å². The van der Waals surface area contributed by atoms with Crippen molar-refractivity contribution in [2.75, 3.05) is 14.2 Å². The van der Waals surface area contributed by atoms with Gasteiger partial charge >= 0.3 is 0 Å². The summed E-state index contributed by atoms with van der Waals surface area (Å²) >= 11 is 1.72. The Morgan fingerprint density at radius 1 is 1.07 bits per heavy atom. The summed E-state index contributed by atoms with van der Waals surface area (Å²) in [5.41, 5.74) is 10.5. The Bertz CT molecular complexity index is 961. The topological polar surface area (TPSA) is 60.1 Å². The van der Waals surface area contributed by atoms with Crippen LogP contribution in [0.3, 0.4) is 0 Å². The summed E-state index contributed by atoms with van der Waals surface area (Å²) in [5, 5.41) is 2.08. The molecule has 0 unspecified atom stereocenters. The molecule has 2 heterocycles. The van der Waals surface area contributed by atoms with Gasteiger partial charge in [-0.05, 0) is 40.8 Å². The van der Waals surface area contributed by atoms with Crippen LogP contribution >= 0.6 is 11.3 Å². The zero-order chi connectivity index (χ0) is 18.8. The van der Waals surface area contributed by atoms with Crippen molar-refractivity contribution in [2.45, 2.75) is 13.1 Å². The second-order valence-electron chi connectivity index (χ2n) is 6.29. The number of nitrogens with two attached hydrogens (primary N) is 1. The molecule has 5 nitrogen and oxygen atoms in total. The fourth-order valence-corrected chi connectivity index (χ4v) is 4.01. The molecule has 2 aromatic carbocycles. The number of aliphatic imine (C=N–C) groups is 1. The molecule has 0 atom stereocenters. The fraction of sp³-hybridized carbons (Fsp3) is 0.190. The third-order valence-corrected chi connectivity index (χ3v) is 5.61. The lowest BCUT2D eigenvalue weighted by Gasteiger charge is -2.29. The molecule has 0 fully saturated rings. The highest BCUT2D eigenvalue weighted by Gasteiger charge is 2.21. The first-order valence-electron chi connectivity index (χ1n) is 8.65. The molecule has 0 radical (unpaired) electrons. The predicted octanol–water partition coefficient (Wildman–Crippen LogP) is 4.39. The van der Waals surface area contributed by atoms with Gasteiger partial charge in [0.15, 0.2) is 5.96 Å². The third kappa shape index (κ3) is 3.36. The molecule has 27 heavy (non-hydrogen) atoms. The maximum Gasteiger partial charge on any atom is 0.197 e. The highest BCUT2D eigenvalue weighted by molar-refractivity contribution is 7.13. The van der Waals surface area contributed by atoms with Gasteiger partial charge in [-0.3, -0.25) is 0 Å². The molecule has 2 N–H and O–H groups in total. The van der Waals surface area contributed by atoms with Crippen LogP contribution in [0.25, 0.3) is 10.4 Å². The molecule has 0 bridgehead atoms.